The van der Waals surface area contributed by atoms with Crippen molar-refractivity contribution in [1.29, 1.82) is 0 Å². The molecule has 0 aromatic heterocycles. The highest BCUT2D eigenvalue weighted by molar-refractivity contribution is 5.96. The lowest BCUT2D eigenvalue weighted by atomic mass is 10.1. The molecule has 0 atom stereocenters. The molecule has 0 heterocycles. The molecular formula is C15H14N2O3. The molecule has 5 heteroatoms. The molecule has 0 aliphatic rings. The Bertz CT molecular complexity index is 609. The van der Waals surface area contributed by atoms with E-state index in [2.05, 4.69) is 10.5 Å². The molecule has 1 N–H and O–H groups in total. The number of nitroso groups, excluding NO2 is 1. The topological polar surface area (TPSA) is 67.8 Å². The summed E-state index contributed by atoms with van der Waals surface area (Å²) in [6.07, 6.45) is 0. The minimum absolute atomic E-state index is 0.326. The van der Waals surface area contributed by atoms with Crippen LogP contribution in [0, 0.1) is 4.91 Å². The monoisotopic (exact) mass is 270 g/mol. The Morgan fingerprint density at radius 3 is 2.50 bits per heavy atom. The molecule has 0 aliphatic heterocycles. The van der Waals surface area contributed by atoms with Gasteiger partial charge in [0.25, 0.3) is 0 Å². The van der Waals surface area contributed by atoms with Crippen molar-refractivity contribution < 1.29 is 9.53 Å². The van der Waals surface area contributed by atoms with Crippen LogP contribution in [0.2, 0.25) is 0 Å². The van der Waals surface area contributed by atoms with Crippen molar-refractivity contribution in [3.63, 3.8) is 0 Å². The van der Waals surface area contributed by atoms with Crippen molar-refractivity contribution in [2.45, 2.75) is 6.92 Å². The van der Waals surface area contributed by atoms with E-state index in [-0.39, 0.29) is 5.97 Å². The lowest BCUT2D eigenvalue weighted by Crippen LogP contribution is -2.07. The Labute approximate surface area is 116 Å². The summed E-state index contributed by atoms with van der Waals surface area (Å²) in [7, 11) is 0. The van der Waals surface area contributed by atoms with Crippen LogP contribution in [0.25, 0.3) is 0 Å². The predicted molar refractivity (Wildman–Crippen MR) is 77.6 cm³/mol. The summed E-state index contributed by atoms with van der Waals surface area (Å²) in [6.45, 7) is 2.09. The number of esters is 1. The van der Waals surface area contributed by atoms with Crippen LogP contribution in [0.1, 0.15) is 17.3 Å². The number of rotatable bonds is 5. The molecule has 0 fully saturated rings. The molecule has 2 aromatic rings. The number of anilines is 2. The summed E-state index contributed by atoms with van der Waals surface area (Å²) in [4.78, 5) is 22.2. The van der Waals surface area contributed by atoms with Crippen LogP contribution in [0.15, 0.2) is 53.7 Å². The summed E-state index contributed by atoms with van der Waals surface area (Å²) in [5, 5.41) is 5.96. The van der Waals surface area contributed by atoms with Gasteiger partial charge in [-0.25, -0.2) is 4.79 Å². The second kappa shape index (κ2) is 6.47. The molecule has 2 aromatic carbocycles. The molecule has 0 unspecified atom stereocenters. The van der Waals surface area contributed by atoms with Gasteiger partial charge in [-0.05, 0) is 48.5 Å². The Balaban J connectivity index is 2.23. The number of nitrogens with one attached hydrogen (secondary N) is 1. The number of carbonyl (C=O) groups is 1. The summed E-state index contributed by atoms with van der Waals surface area (Å²) in [6, 6.07) is 13.7. The predicted octanol–water partition coefficient (Wildman–Crippen LogP) is 4.00. The largest absolute Gasteiger partial charge is 0.462 e. The van der Waals surface area contributed by atoms with E-state index in [1.165, 1.54) is 0 Å². The molecule has 0 radical (unpaired) electrons. The van der Waals surface area contributed by atoms with Gasteiger partial charge in [-0.15, -0.1) is 4.91 Å². The van der Waals surface area contributed by atoms with Crippen molar-refractivity contribution in [1.82, 2.24) is 0 Å². The van der Waals surface area contributed by atoms with E-state index in [1.807, 2.05) is 6.07 Å². The van der Waals surface area contributed by atoms with E-state index in [9.17, 15) is 9.70 Å². The standard InChI is InChI=1S/C15H14N2O3/c1-2-20-15(18)13-5-3-4-6-14(13)16-11-7-9-12(17-19)10-8-11/h3-10,16H,2H2,1H3. The van der Waals surface area contributed by atoms with E-state index >= 15 is 0 Å². The van der Waals surface area contributed by atoms with Gasteiger partial charge in [0.1, 0.15) is 5.69 Å². The van der Waals surface area contributed by atoms with Crippen molar-refractivity contribution >= 4 is 23.0 Å². The molecule has 0 aliphatic carbocycles. The van der Waals surface area contributed by atoms with Gasteiger partial charge in [-0.1, -0.05) is 12.1 Å². The third-order valence-electron chi connectivity index (χ3n) is 2.67. The number of hydrogen-bond acceptors (Lipinski definition) is 5. The number of nitrogens with zero attached hydrogens (tertiary/aromatic N) is 1. The first-order valence-corrected chi connectivity index (χ1v) is 6.21. The van der Waals surface area contributed by atoms with Gasteiger partial charge in [0, 0.05) is 5.69 Å². The lowest BCUT2D eigenvalue weighted by Gasteiger charge is -2.11. The summed E-state index contributed by atoms with van der Waals surface area (Å²) in [5.41, 5.74) is 2.23. The van der Waals surface area contributed by atoms with Crippen LogP contribution >= 0.6 is 0 Å². The number of benzene rings is 2. The van der Waals surface area contributed by atoms with Gasteiger partial charge in [0.05, 0.1) is 17.9 Å². The van der Waals surface area contributed by atoms with E-state index in [4.69, 9.17) is 4.74 Å². The smallest absolute Gasteiger partial charge is 0.340 e. The zero-order valence-corrected chi connectivity index (χ0v) is 11.0. The Hall–Kier alpha value is -2.69. The highest BCUT2D eigenvalue weighted by Gasteiger charge is 2.11. The van der Waals surface area contributed by atoms with Gasteiger partial charge in [0.15, 0.2) is 0 Å². The maximum Gasteiger partial charge on any atom is 0.340 e. The second-order valence-corrected chi connectivity index (χ2v) is 4.03. The van der Waals surface area contributed by atoms with E-state index in [0.29, 0.717) is 23.5 Å². The fraction of sp³-hybridized carbons (Fsp3) is 0.133. The summed E-state index contributed by atoms with van der Waals surface area (Å²) >= 11 is 0. The van der Waals surface area contributed by atoms with Gasteiger partial charge in [-0.2, -0.15) is 0 Å². The molecule has 0 spiro atoms. The van der Waals surface area contributed by atoms with Gasteiger partial charge >= 0.3 is 5.97 Å². The number of hydrogen-bond donors (Lipinski definition) is 1. The fourth-order valence-electron chi connectivity index (χ4n) is 1.74. The maximum atomic E-state index is 11.8. The lowest BCUT2D eigenvalue weighted by molar-refractivity contribution is 0.0527. The van der Waals surface area contributed by atoms with Crippen LogP contribution in [0.4, 0.5) is 17.1 Å². The molecule has 2 rings (SSSR count). The van der Waals surface area contributed by atoms with Crippen LogP contribution in [-0.4, -0.2) is 12.6 Å². The Morgan fingerprint density at radius 2 is 1.85 bits per heavy atom. The van der Waals surface area contributed by atoms with Crippen LogP contribution in [0.5, 0.6) is 0 Å². The zero-order valence-electron chi connectivity index (χ0n) is 11.0. The molecule has 20 heavy (non-hydrogen) atoms. The molecule has 0 saturated carbocycles. The number of para-hydroxylation sites is 1. The van der Waals surface area contributed by atoms with Crippen molar-refractivity contribution in [3.05, 3.63) is 59.0 Å². The van der Waals surface area contributed by atoms with E-state index < -0.39 is 0 Å². The van der Waals surface area contributed by atoms with E-state index in [1.54, 1.807) is 49.4 Å². The molecular weight excluding hydrogens is 256 g/mol. The van der Waals surface area contributed by atoms with Crippen LogP contribution in [-0.2, 0) is 4.74 Å². The quantitative estimate of drug-likeness (QED) is 0.658. The normalized spacial score (nSPS) is 9.85. The van der Waals surface area contributed by atoms with Gasteiger partial charge in [-0.3, -0.25) is 0 Å². The Morgan fingerprint density at radius 1 is 1.15 bits per heavy atom. The minimum atomic E-state index is -0.373. The first kappa shape index (κ1) is 13.7. The average molecular weight is 270 g/mol. The van der Waals surface area contributed by atoms with Crippen molar-refractivity contribution in [2.24, 2.45) is 5.18 Å². The van der Waals surface area contributed by atoms with Crippen molar-refractivity contribution in [2.75, 3.05) is 11.9 Å². The highest BCUT2D eigenvalue weighted by atomic mass is 16.5. The average Bonchev–Trinajstić information content (AvgIpc) is 2.49. The summed E-state index contributed by atoms with van der Waals surface area (Å²) in [5.74, 6) is -0.373. The summed E-state index contributed by atoms with van der Waals surface area (Å²) < 4.78 is 5.01. The van der Waals surface area contributed by atoms with Gasteiger partial charge in [0.2, 0.25) is 0 Å². The zero-order chi connectivity index (χ0) is 14.4. The fourth-order valence-corrected chi connectivity index (χ4v) is 1.74. The van der Waals surface area contributed by atoms with Gasteiger partial charge < -0.3 is 10.1 Å². The Kier molecular flexibility index (Phi) is 4.44. The van der Waals surface area contributed by atoms with Crippen LogP contribution in [0.3, 0.4) is 0 Å². The molecule has 0 bridgehead atoms. The van der Waals surface area contributed by atoms with Crippen LogP contribution < -0.4 is 5.32 Å². The molecule has 0 saturated heterocycles. The van der Waals surface area contributed by atoms with Crippen molar-refractivity contribution in [3.8, 4) is 0 Å². The maximum absolute atomic E-state index is 11.8. The first-order valence-electron chi connectivity index (χ1n) is 6.21. The minimum Gasteiger partial charge on any atom is -0.462 e. The molecule has 5 nitrogen and oxygen atoms in total. The third-order valence-corrected chi connectivity index (χ3v) is 2.67. The number of ether oxygens (including phenoxy) is 1. The molecule has 0 amide bonds. The third kappa shape index (κ3) is 3.20. The molecule has 102 valence electrons. The first-order chi connectivity index (χ1) is 9.74. The highest BCUT2D eigenvalue weighted by Crippen LogP contribution is 2.23. The van der Waals surface area contributed by atoms with E-state index in [0.717, 1.165) is 5.69 Å². The second-order valence-electron chi connectivity index (χ2n) is 4.03. The SMILES string of the molecule is CCOC(=O)c1ccccc1Nc1ccc(N=O)cc1. The number of carbonyl (C=O) groups excluding carboxylic acids is 1.